The molecule has 5 nitrogen and oxygen atoms in total. The zero-order valence-electron chi connectivity index (χ0n) is 8.87. The van der Waals surface area contributed by atoms with Gasteiger partial charge in [-0.3, -0.25) is 0 Å². The first kappa shape index (κ1) is 11.5. The molecule has 0 saturated heterocycles. The van der Waals surface area contributed by atoms with Crippen LogP contribution in [0.15, 0.2) is 18.3 Å². The van der Waals surface area contributed by atoms with Gasteiger partial charge in [-0.2, -0.15) is 4.37 Å². The summed E-state index contributed by atoms with van der Waals surface area (Å²) >= 11 is 1.09. The van der Waals surface area contributed by atoms with Crippen LogP contribution < -0.4 is 10.1 Å². The zero-order chi connectivity index (χ0) is 11.2. The summed E-state index contributed by atoms with van der Waals surface area (Å²) in [5.74, 6) is 0.478. The van der Waals surface area contributed by atoms with Gasteiger partial charge in [-0.1, -0.05) is 12.2 Å². The highest BCUT2D eigenvalue weighted by Gasteiger charge is 2.12. The maximum absolute atomic E-state index is 9.66. The van der Waals surface area contributed by atoms with Crippen molar-refractivity contribution in [3.05, 3.63) is 18.3 Å². The number of rotatable bonds is 6. The standard InChI is InChI=1S/C10H15N3O2S/c14-9(5-11-8-3-1-2-4-8)7-15-10-6-12-16-13-10/h1-2,6,8-9,11,14H,3-5,7H2. The lowest BCUT2D eigenvalue weighted by atomic mass is 10.2. The molecule has 2 N–H and O–H groups in total. The van der Waals surface area contributed by atoms with Crippen LogP contribution >= 0.6 is 11.7 Å². The predicted molar refractivity (Wildman–Crippen MR) is 61.6 cm³/mol. The summed E-state index contributed by atoms with van der Waals surface area (Å²) in [6.07, 6.45) is 7.43. The van der Waals surface area contributed by atoms with Crippen LogP contribution in [0.1, 0.15) is 12.8 Å². The molecule has 1 aliphatic carbocycles. The van der Waals surface area contributed by atoms with E-state index >= 15 is 0 Å². The van der Waals surface area contributed by atoms with Crippen molar-refractivity contribution in [3.8, 4) is 5.88 Å². The summed E-state index contributed by atoms with van der Waals surface area (Å²) < 4.78 is 13.0. The van der Waals surface area contributed by atoms with Gasteiger partial charge in [0.05, 0.1) is 11.7 Å². The van der Waals surface area contributed by atoms with E-state index in [-0.39, 0.29) is 6.61 Å². The molecule has 0 aliphatic heterocycles. The lowest BCUT2D eigenvalue weighted by Crippen LogP contribution is -2.36. The molecule has 88 valence electrons. The third kappa shape index (κ3) is 3.55. The first-order chi connectivity index (χ1) is 7.84. The summed E-state index contributed by atoms with van der Waals surface area (Å²) in [4.78, 5) is 0. The molecule has 6 heteroatoms. The molecule has 2 rings (SSSR count). The number of ether oxygens (including phenoxy) is 1. The van der Waals surface area contributed by atoms with E-state index in [1.165, 1.54) is 0 Å². The topological polar surface area (TPSA) is 67.3 Å². The van der Waals surface area contributed by atoms with Gasteiger partial charge in [0, 0.05) is 12.6 Å². The Kier molecular flexibility index (Phi) is 4.26. The number of aliphatic hydroxyl groups excluding tert-OH is 1. The van der Waals surface area contributed by atoms with Crippen molar-refractivity contribution in [1.29, 1.82) is 0 Å². The number of nitrogens with one attached hydrogen (secondary N) is 1. The van der Waals surface area contributed by atoms with Crippen LogP contribution in [0.5, 0.6) is 5.88 Å². The van der Waals surface area contributed by atoms with Gasteiger partial charge < -0.3 is 15.2 Å². The normalized spacial score (nSPS) is 17.8. The fourth-order valence-electron chi connectivity index (χ4n) is 1.55. The minimum absolute atomic E-state index is 0.249. The van der Waals surface area contributed by atoms with E-state index in [1.54, 1.807) is 6.20 Å². The van der Waals surface area contributed by atoms with E-state index < -0.39 is 6.10 Å². The first-order valence-electron chi connectivity index (χ1n) is 5.31. The summed E-state index contributed by atoms with van der Waals surface area (Å²) in [6, 6.07) is 0.468. The number of aliphatic hydroxyl groups is 1. The Hall–Kier alpha value is -0.980. The molecule has 0 saturated carbocycles. The number of aromatic nitrogens is 2. The Labute approximate surface area is 98.5 Å². The summed E-state index contributed by atoms with van der Waals surface area (Å²) in [5, 5.41) is 12.9. The highest BCUT2D eigenvalue weighted by molar-refractivity contribution is 6.99. The SMILES string of the molecule is OC(CNC1CC=CC1)COc1cnsn1. The summed E-state index contributed by atoms with van der Waals surface area (Å²) in [5.41, 5.74) is 0. The Balaban J connectivity index is 1.59. The molecule has 1 aliphatic rings. The monoisotopic (exact) mass is 241 g/mol. The fourth-order valence-corrected chi connectivity index (χ4v) is 1.91. The second-order valence-electron chi connectivity index (χ2n) is 3.76. The van der Waals surface area contributed by atoms with E-state index in [1.807, 2.05) is 0 Å². The second-order valence-corrected chi connectivity index (χ2v) is 4.32. The number of hydrogen-bond donors (Lipinski definition) is 2. The quantitative estimate of drug-likeness (QED) is 0.713. The van der Waals surface area contributed by atoms with Crippen LogP contribution in [0.3, 0.4) is 0 Å². The van der Waals surface area contributed by atoms with E-state index in [0.717, 1.165) is 24.6 Å². The molecular weight excluding hydrogens is 226 g/mol. The predicted octanol–water partition coefficient (Wildman–Crippen LogP) is 0.586. The van der Waals surface area contributed by atoms with Gasteiger partial charge in [0.15, 0.2) is 0 Å². The minimum Gasteiger partial charge on any atom is -0.473 e. The van der Waals surface area contributed by atoms with Crippen molar-refractivity contribution >= 4 is 11.7 Å². The van der Waals surface area contributed by atoms with E-state index in [9.17, 15) is 5.11 Å². The second kappa shape index (κ2) is 5.93. The van der Waals surface area contributed by atoms with Gasteiger partial charge in [-0.05, 0) is 12.8 Å². The first-order valence-corrected chi connectivity index (χ1v) is 6.04. The molecule has 0 spiro atoms. The Morgan fingerprint density at radius 1 is 1.56 bits per heavy atom. The maximum Gasteiger partial charge on any atom is 0.245 e. The van der Waals surface area contributed by atoms with Crippen molar-refractivity contribution in [2.45, 2.75) is 25.0 Å². The Morgan fingerprint density at radius 2 is 2.38 bits per heavy atom. The zero-order valence-corrected chi connectivity index (χ0v) is 9.69. The van der Waals surface area contributed by atoms with Gasteiger partial charge in [0.2, 0.25) is 5.88 Å². The van der Waals surface area contributed by atoms with Crippen LogP contribution in [0.25, 0.3) is 0 Å². The summed E-state index contributed by atoms with van der Waals surface area (Å²) in [6.45, 7) is 0.794. The van der Waals surface area contributed by atoms with Gasteiger partial charge >= 0.3 is 0 Å². The highest BCUT2D eigenvalue weighted by atomic mass is 32.1. The minimum atomic E-state index is -0.512. The number of nitrogens with zero attached hydrogens (tertiary/aromatic N) is 2. The molecular formula is C10H15N3O2S. The average molecular weight is 241 g/mol. The van der Waals surface area contributed by atoms with E-state index in [0.29, 0.717) is 18.5 Å². The third-order valence-corrected chi connectivity index (χ3v) is 2.88. The van der Waals surface area contributed by atoms with Crippen molar-refractivity contribution < 1.29 is 9.84 Å². The van der Waals surface area contributed by atoms with E-state index in [2.05, 4.69) is 26.2 Å². The molecule has 1 atom stereocenters. The van der Waals surface area contributed by atoms with Gasteiger partial charge in [0.1, 0.15) is 18.9 Å². The molecule has 1 aromatic heterocycles. The molecule has 0 amide bonds. The van der Waals surface area contributed by atoms with Crippen molar-refractivity contribution in [2.24, 2.45) is 0 Å². The van der Waals surface area contributed by atoms with Crippen LogP contribution in [-0.4, -0.2) is 39.2 Å². The Morgan fingerprint density at radius 3 is 3.06 bits per heavy atom. The molecule has 0 radical (unpaired) electrons. The number of hydrogen-bond acceptors (Lipinski definition) is 6. The van der Waals surface area contributed by atoms with Crippen LogP contribution in [0, 0.1) is 0 Å². The molecule has 0 fully saturated rings. The molecule has 1 aromatic rings. The van der Waals surface area contributed by atoms with Crippen molar-refractivity contribution in [3.63, 3.8) is 0 Å². The van der Waals surface area contributed by atoms with Crippen molar-refractivity contribution in [2.75, 3.05) is 13.2 Å². The maximum atomic E-state index is 9.66. The third-order valence-electron chi connectivity index (χ3n) is 2.41. The molecule has 0 aromatic carbocycles. The Bertz CT molecular complexity index is 321. The largest absolute Gasteiger partial charge is 0.473 e. The van der Waals surface area contributed by atoms with Gasteiger partial charge in [0.25, 0.3) is 0 Å². The summed E-state index contributed by atoms with van der Waals surface area (Å²) in [7, 11) is 0. The van der Waals surface area contributed by atoms with Crippen LogP contribution in [-0.2, 0) is 0 Å². The lowest BCUT2D eigenvalue weighted by Gasteiger charge is -2.15. The highest BCUT2D eigenvalue weighted by Crippen LogP contribution is 2.09. The average Bonchev–Trinajstić information content (AvgIpc) is 2.96. The van der Waals surface area contributed by atoms with E-state index in [4.69, 9.17) is 4.74 Å². The van der Waals surface area contributed by atoms with Crippen molar-refractivity contribution in [1.82, 2.24) is 14.1 Å². The molecule has 1 heterocycles. The van der Waals surface area contributed by atoms with Crippen LogP contribution in [0.4, 0.5) is 0 Å². The van der Waals surface area contributed by atoms with Gasteiger partial charge in [-0.15, -0.1) is 4.37 Å². The lowest BCUT2D eigenvalue weighted by molar-refractivity contribution is 0.102. The fraction of sp³-hybridized carbons (Fsp3) is 0.600. The van der Waals surface area contributed by atoms with Gasteiger partial charge in [-0.25, -0.2) is 0 Å². The smallest absolute Gasteiger partial charge is 0.245 e. The molecule has 0 bridgehead atoms. The molecule has 1 unspecified atom stereocenters. The molecule has 16 heavy (non-hydrogen) atoms. The van der Waals surface area contributed by atoms with Crippen LogP contribution in [0.2, 0.25) is 0 Å².